The van der Waals surface area contributed by atoms with Gasteiger partial charge in [-0.1, -0.05) is 18.2 Å². The number of benzene rings is 2. The summed E-state index contributed by atoms with van der Waals surface area (Å²) in [5.41, 5.74) is 2.30. The third-order valence-corrected chi connectivity index (χ3v) is 3.98. The van der Waals surface area contributed by atoms with Crippen molar-refractivity contribution in [1.82, 2.24) is 0 Å². The second kappa shape index (κ2) is 6.03. The Balaban J connectivity index is 2.24. The fraction of sp³-hybridized carbons (Fsp3) is 0.143. The minimum atomic E-state index is 1.14. The van der Waals surface area contributed by atoms with E-state index >= 15 is 0 Å². The maximum Gasteiger partial charge on any atom is 0.0522 e. The molecule has 88 valence electrons. The fourth-order valence-electron chi connectivity index (χ4n) is 1.60. The minimum Gasteiger partial charge on any atom is -0.355 e. The third kappa shape index (κ3) is 3.20. The van der Waals surface area contributed by atoms with Gasteiger partial charge in [-0.2, -0.15) is 0 Å². The van der Waals surface area contributed by atoms with E-state index in [1.54, 1.807) is 23.5 Å². The van der Waals surface area contributed by atoms with E-state index in [0.717, 1.165) is 5.69 Å². The lowest BCUT2D eigenvalue weighted by atomic mass is 10.2. The molecule has 0 fully saturated rings. The first-order valence-corrected chi connectivity index (χ1v) is 7.82. The lowest BCUT2D eigenvalue weighted by Gasteiger charge is -2.11. The van der Waals surface area contributed by atoms with Crippen LogP contribution in [0.1, 0.15) is 0 Å². The van der Waals surface area contributed by atoms with Crippen molar-refractivity contribution in [3.63, 3.8) is 0 Å². The zero-order valence-electron chi connectivity index (χ0n) is 9.94. The smallest absolute Gasteiger partial charge is 0.0522 e. The molecule has 2 aromatic carbocycles. The van der Waals surface area contributed by atoms with Gasteiger partial charge in [0.15, 0.2) is 0 Å². The van der Waals surface area contributed by atoms with E-state index in [-0.39, 0.29) is 0 Å². The summed E-state index contributed by atoms with van der Waals surface area (Å²) in [6.07, 6.45) is 4.19. The van der Waals surface area contributed by atoms with Crippen LogP contribution in [0.5, 0.6) is 0 Å². The first-order chi connectivity index (χ1) is 8.33. The fourth-order valence-corrected chi connectivity index (χ4v) is 2.62. The van der Waals surface area contributed by atoms with E-state index in [9.17, 15) is 0 Å². The highest BCUT2D eigenvalue weighted by Gasteiger charge is 2.01. The monoisotopic (exact) mass is 261 g/mol. The standard InChI is InChI=1S/C14H15NS2/c1-16-12-7-5-6-11(10-12)15-13-8-3-4-9-14(13)17-2/h3-10,15H,1-2H3. The molecule has 0 aliphatic heterocycles. The molecule has 0 heterocycles. The Hall–Kier alpha value is -1.06. The first-order valence-electron chi connectivity index (χ1n) is 5.37. The van der Waals surface area contributed by atoms with Gasteiger partial charge in [-0.05, 0) is 42.8 Å². The second-order valence-electron chi connectivity index (χ2n) is 3.56. The van der Waals surface area contributed by atoms with Crippen molar-refractivity contribution in [3.05, 3.63) is 48.5 Å². The van der Waals surface area contributed by atoms with Crippen LogP contribution in [0.2, 0.25) is 0 Å². The molecule has 0 aliphatic rings. The highest BCUT2D eigenvalue weighted by Crippen LogP contribution is 2.28. The van der Waals surface area contributed by atoms with Crippen molar-refractivity contribution in [1.29, 1.82) is 0 Å². The summed E-state index contributed by atoms with van der Waals surface area (Å²) in [4.78, 5) is 2.54. The predicted octanol–water partition coefficient (Wildman–Crippen LogP) is 4.87. The molecule has 0 amide bonds. The van der Waals surface area contributed by atoms with Crippen molar-refractivity contribution < 1.29 is 0 Å². The lowest BCUT2D eigenvalue weighted by molar-refractivity contribution is 1.39. The van der Waals surface area contributed by atoms with Gasteiger partial charge in [0.2, 0.25) is 0 Å². The normalized spacial score (nSPS) is 10.2. The van der Waals surface area contributed by atoms with Crippen molar-refractivity contribution in [2.75, 3.05) is 17.8 Å². The van der Waals surface area contributed by atoms with Gasteiger partial charge in [0, 0.05) is 15.5 Å². The van der Waals surface area contributed by atoms with Crippen LogP contribution in [0.4, 0.5) is 11.4 Å². The van der Waals surface area contributed by atoms with Gasteiger partial charge in [-0.3, -0.25) is 0 Å². The molecule has 0 saturated heterocycles. The van der Waals surface area contributed by atoms with Gasteiger partial charge in [-0.25, -0.2) is 0 Å². The first kappa shape index (κ1) is 12.4. The molecule has 0 aromatic heterocycles. The maximum atomic E-state index is 3.46. The summed E-state index contributed by atoms with van der Waals surface area (Å²) in [6.45, 7) is 0. The molecule has 0 bridgehead atoms. The molecule has 1 nitrogen and oxygen atoms in total. The van der Waals surface area contributed by atoms with Crippen LogP contribution < -0.4 is 5.32 Å². The Bertz CT molecular complexity index is 497. The van der Waals surface area contributed by atoms with Crippen molar-refractivity contribution in [2.45, 2.75) is 9.79 Å². The molecule has 17 heavy (non-hydrogen) atoms. The number of anilines is 2. The molecule has 0 radical (unpaired) electrons. The minimum absolute atomic E-state index is 1.14. The Morgan fingerprint density at radius 2 is 1.71 bits per heavy atom. The Morgan fingerprint density at radius 3 is 2.47 bits per heavy atom. The summed E-state index contributed by atoms with van der Waals surface area (Å²) in [6, 6.07) is 16.8. The van der Waals surface area contributed by atoms with E-state index < -0.39 is 0 Å². The number of nitrogens with one attached hydrogen (secondary N) is 1. The highest BCUT2D eigenvalue weighted by atomic mass is 32.2. The van der Waals surface area contributed by atoms with Crippen LogP contribution in [-0.4, -0.2) is 12.5 Å². The molecule has 2 rings (SSSR count). The summed E-state index contributed by atoms with van der Waals surface area (Å²) in [5, 5.41) is 3.46. The van der Waals surface area contributed by atoms with Crippen LogP contribution >= 0.6 is 23.5 Å². The number of thioether (sulfide) groups is 2. The lowest BCUT2D eigenvalue weighted by Crippen LogP contribution is -1.91. The molecule has 0 atom stereocenters. The molecule has 2 aromatic rings. The van der Waals surface area contributed by atoms with Crippen molar-refractivity contribution >= 4 is 34.9 Å². The van der Waals surface area contributed by atoms with Crippen LogP contribution in [0, 0.1) is 0 Å². The number of rotatable bonds is 4. The quantitative estimate of drug-likeness (QED) is 0.788. The van der Waals surface area contributed by atoms with Gasteiger partial charge in [0.25, 0.3) is 0 Å². The van der Waals surface area contributed by atoms with Gasteiger partial charge in [0.05, 0.1) is 5.69 Å². The third-order valence-electron chi connectivity index (χ3n) is 2.46. The molecule has 0 saturated carbocycles. The molecular formula is C14H15NS2. The highest BCUT2D eigenvalue weighted by molar-refractivity contribution is 7.99. The van der Waals surface area contributed by atoms with Gasteiger partial charge in [-0.15, -0.1) is 23.5 Å². The van der Waals surface area contributed by atoms with E-state index in [1.807, 2.05) is 0 Å². The van der Waals surface area contributed by atoms with Crippen molar-refractivity contribution in [3.8, 4) is 0 Å². The summed E-state index contributed by atoms with van der Waals surface area (Å²) < 4.78 is 0. The average Bonchev–Trinajstić information content (AvgIpc) is 2.39. The van der Waals surface area contributed by atoms with E-state index in [4.69, 9.17) is 0 Å². The van der Waals surface area contributed by atoms with E-state index in [0.29, 0.717) is 0 Å². The molecule has 0 spiro atoms. The van der Waals surface area contributed by atoms with E-state index in [1.165, 1.54) is 15.5 Å². The molecule has 0 aliphatic carbocycles. The summed E-state index contributed by atoms with van der Waals surface area (Å²) in [5.74, 6) is 0. The zero-order valence-corrected chi connectivity index (χ0v) is 11.6. The molecule has 0 unspecified atom stereocenters. The SMILES string of the molecule is CSc1cccc(Nc2ccccc2SC)c1. The van der Waals surface area contributed by atoms with Crippen LogP contribution in [0.25, 0.3) is 0 Å². The van der Waals surface area contributed by atoms with Gasteiger partial charge < -0.3 is 5.32 Å². The largest absolute Gasteiger partial charge is 0.355 e. The molecular weight excluding hydrogens is 246 g/mol. The van der Waals surface area contributed by atoms with Crippen LogP contribution in [0.3, 0.4) is 0 Å². The number of hydrogen-bond donors (Lipinski definition) is 1. The molecule has 3 heteroatoms. The Morgan fingerprint density at radius 1 is 0.882 bits per heavy atom. The van der Waals surface area contributed by atoms with Gasteiger partial charge in [0.1, 0.15) is 0 Å². The molecule has 1 N–H and O–H groups in total. The second-order valence-corrected chi connectivity index (χ2v) is 5.28. The van der Waals surface area contributed by atoms with Crippen LogP contribution in [-0.2, 0) is 0 Å². The topological polar surface area (TPSA) is 12.0 Å². The zero-order chi connectivity index (χ0) is 12.1. The Labute approximate surface area is 111 Å². The number of hydrogen-bond acceptors (Lipinski definition) is 3. The summed E-state index contributed by atoms with van der Waals surface area (Å²) in [7, 11) is 0. The van der Waals surface area contributed by atoms with Crippen LogP contribution in [0.15, 0.2) is 58.3 Å². The van der Waals surface area contributed by atoms with Gasteiger partial charge >= 0.3 is 0 Å². The van der Waals surface area contributed by atoms with E-state index in [2.05, 4.69) is 66.4 Å². The van der Waals surface area contributed by atoms with Crippen molar-refractivity contribution in [2.24, 2.45) is 0 Å². The maximum absolute atomic E-state index is 3.46. The predicted molar refractivity (Wildman–Crippen MR) is 79.7 cm³/mol. The summed E-state index contributed by atoms with van der Waals surface area (Å²) >= 11 is 3.52. The Kier molecular flexibility index (Phi) is 4.40. The number of para-hydroxylation sites is 1. The average molecular weight is 261 g/mol.